The lowest BCUT2D eigenvalue weighted by atomic mass is 9.95. The topological polar surface area (TPSA) is 43.1 Å². The van der Waals surface area contributed by atoms with Gasteiger partial charge in [0, 0.05) is 53.8 Å². The van der Waals surface area contributed by atoms with Gasteiger partial charge in [0.2, 0.25) is 0 Å². The first-order valence-electron chi connectivity index (χ1n) is 11.1. The van der Waals surface area contributed by atoms with Crippen LogP contribution in [0.3, 0.4) is 0 Å². The number of likely N-dealkylation sites (tertiary alicyclic amines) is 1. The molecule has 33 heavy (non-hydrogen) atoms. The van der Waals surface area contributed by atoms with Crippen molar-refractivity contribution in [2.24, 2.45) is 0 Å². The van der Waals surface area contributed by atoms with Crippen LogP contribution < -0.4 is 0 Å². The molecule has 5 rings (SSSR count). The minimum Gasteiger partial charge on any atom is -0.339 e. The molecular formula is C26H24Cl2N4O. The number of hydrogen-bond acceptors (Lipinski definition) is 2. The summed E-state index contributed by atoms with van der Waals surface area (Å²) < 4.78 is 4.12. The van der Waals surface area contributed by atoms with Crippen LogP contribution >= 0.6 is 23.2 Å². The zero-order chi connectivity index (χ0) is 22.8. The largest absolute Gasteiger partial charge is 0.339 e. The number of nitrogens with zero attached hydrogens (tertiary/aromatic N) is 4. The molecular weight excluding hydrogens is 455 g/mol. The van der Waals surface area contributed by atoms with Crippen molar-refractivity contribution in [2.45, 2.75) is 25.3 Å². The molecule has 1 aliphatic heterocycles. The molecule has 0 atom stereocenters. The Morgan fingerprint density at radius 3 is 2.52 bits per heavy atom. The van der Waals surface area contributed by atoms with Crippen LogP contribution in [0.5, 0.6) is 0 Å². The third kappa shape index (κ3) is 4.56. The Bertz CT molecular complexity index is 1260. The smallest absolute Gasteiger partial charge is 0.255 e. The monoisotopic (exact) mass is 478 g/mol. The molecule has 1 fully saturated rings. The minimum absolute atomic E-state index is 0.0757. The molecule has 0 spiro atoms. The van der Waals surface area contributed by atoms with E-state index in [0.29, 0.717) is 35.6 Å². The molecule has 0 saturated carbocycles. The van der Waals surface area contributed by atoms with Crippen LogP contribution in [-0.2, 0) is 6.54 Å². The third-order valence-electron chi connectivity index (χ3n) is 6.26. The van der Waals surface area contributed by atoms with E-state index in [1.807, 2.05) is 82.8 Å². The summed E-state index contributed by atoms with van der Waals surface area (Å²) in [6.07, 6.45) is 9.49. The number of carbonyl (C=O) groups is 1. The van der Waals surface area contributed by atoms with Crippen molar-refractivity contribution in [3.8, 4) is 5.69 Å². The van der Waals surface area contributed by atoms with Crippen molar-refractivity contribution in [3.63, 3.8) is 0 Å². The van der Waals surface area contributed by atoms with Crippen molar-refractivity contribution in [1.29, 1.82) is 0 Å². The van der Waals surface area contributed by atoms with Gasteiger partial charge in [-0.25, -0.2) is 4.98 Å². The Morgan fingerprint density at radius 1 is 0.970 bits per heavy atom. The van der Waals surface area contributed by atoms with Crippen LogP contribution in [-0.4, -0.2) is 38.0 Å². The highest BCUT2D eigenvalue weighted by Gasteiger charge is 2.28. The maximum absolute atomic E-state index is 13.4. The number of para-hydroxylation sites is 1. The highest BCUT2D eigenvalue weighted by Crippen LogP contribution is 2.30. The average molecular weight is 479 g/mol. The number of rotatable bonds is 5. The standard InChI is InChI=1S/C26H24Cl2N4O/c27-21-7-8-23(28)20(17-21)18-32-16-11-29-25(32)19-9-14-31(15-10-19)26(33)22-5-1-2-6-24(22)30-12-3-4-13-30/h1-8,11-13,16-17,19H,9-10,14-15,18H2. The van der Waals surface area contributed by atoms with Crippen molar-refractivity contribution in [2.75, 3.05) is 13.1 Å². The molecule has 5 nitrogen and oxygen atoms in total. The summed E-state index contributed by atoms with van der Waals surface area (Å²) in [6, 6.07) is 17.2. The van der Waals surface area contributed by atoms with Gasteiger partial charge >= 0.3 is 0 Å². The van der Waals surface area contributed by atoms with Crippen LogP contribution in [0.4, 0.5) is 0 Å². The molecule has 0 N–H and O–H groups in total. The van der Waals surface area contributed by atoms with Gasteiger partial charge in [-0.1, -0.05) is 35.3 Å². The van der Waals surface area contributed by atoms with Gasteiger partial charge in [-0.05, 0) is 60.9 Å². The second-order valence-electron chi connectivity index (χ2n) is 8.32. The number of benzene rings is 2. The summed E-state index contributed by atoms with van der Waals surface area (Å²) in [5.74, 6) is 1.40. The molecule has 4 aromatic rings. The molecule has 0 aliphatic carbocycles. The number of piperidine rings is 1. The van der Waals surface area contributed by atoms with Crippen molar-refractivity contribution in [3.05, 3.63) is 106 Å². The van der Waals surface area contributed by atoms with Crippen LogP contribution in [0.15, 0.2) is 79.4 Å². The Kier molecular flexibility index (Phi) is 6.25. The average Bonchev–Trinajstić information content (AvgIpc) is 3.54. The molecule has 0 bridgehead atoms. The molecule has 0 radical (unpaired) electrons. The zero-order valence-electron chi connectivity index (χ0n) is 18.1. The fourth-order valence-corrected chi connectivity index (χ4v) is 4.92. The van der Waals surface area contributed by atoms with Crippen LogP contribution in [0.2, 0.25) is 10.0 Å². The lowest BCUT2D eigenvalue weighted by Gasteiger charge is -2.32. The lowest BCUT2D eigenvalue weighted by molar-refractivity contribution is 0.0710. The summed E-state index contributed by atoms with van der Waals surface area (Å²) in [6.45, 7) is 2.03. The Labute approximate surface area is 203 Å². The Morgan fingerprint density at radius 2 is 1.73 bits per heavy atom. The van der Waals surface area contributed by atoms with Crippen molar-refractivity contribution in [1.82, 2.24) is 19.0 Å². The van der Waals surface area contributed by atoms with Crippen LogP contribution in [0.1, 0.15) is 40.5 Å². The second-order valence-corrected chi connectivity index (χ2v) is 9.17. The van der Waals surface area contributed by atoms with Crippen LogP contribution in [0.25, 0.3) is 5.69 Å². The van der Waals surface area contributed by atoms with Crippen molar-refractivity contribution >= 4 is 29.1 Å². The van der Waals surface area contributed by atoms with E-state index >= 15 is 0 Å². The lowest BCUT2D eigenvalue weighted by Crippen LogP contribution is -2.38. The first-order chi connectivity index (χ1) is 16.1. The highest BCUT2D eigenvalue weighted by atomic mass is 35.5. The minimum atomic E-state index is 0.0757. The van der Waals surface area contributed by atoms with E-state index in [2.05, 4.69) is 9.55 Å². The van der Waals surface area contributed by atoms with Gasteiger partial charge in [0.15, 0.2) is 0 Å². The molecule has 3 heterocycles. The fraction of sp³-hybridized carbons (Fsp3) is 0.231. The van der Waals surface area contributed by atoms with Gasteiger partial charge in [0.25, 0.3) is 5.91 Å². The summed E-state index contributed by atoms with van der Waals surface area (Å²) in [4.78, 5) is 20.0. The van der Waals surface area contributed by atoms with E-state index in [1.54, 1.807) is 6.07 Å². The summed E-state index contributed by atoms with van der Waals surface area (Å²) >= 11 is 12.5. The maximum atomic E-state index is 13.4. The van der Waals surface area contributed by atoms with Gasteiger partial charge < -0.3 is 14.0 Å². The van der Waals surface area contributed by atoms with E-state index in [1.165, 1.54) is 0 Å². The zero-order valence-corrected chi connectivity index (χ0v) is 19.6. The Hall–Kier alpha value is -3.02. The van der Waals surface area contributed by atoms with Gasteiger partial charge in [0.05, 0.1) is 17.8 Å². The van der Waals surface area contributed by atoms with Gasteiger partial charge in [0.1, 0.15) is 5.82 Å². The summed E-state index contributed by atoms with van der Waals surface area (Å²) in [5, 5.41) is 1.36. The number of aromatic nitrogens is 3. The molecule has 2 aromatic heterocycles. The number of amides is 1. The first-order valence-corrected chi connectivity index (χ1v) is 11.8. The van der Waals surface area contributed by atoms with Gasteiger partial charge in [-0.3, -0.25) is 4.79 Å². The van der Waals surface area contributed by atoms with Crippen LogP contribution in [0, 0.1) is 0 Å². The Balaban J connectivity index is 1.29. The van der Waals surface area contributed by atoms with E-state index < -0.39 is 0 Å². The molecule has 2 aromatic carbocycles. The molecule has 1 saturated heterocycles. The van der Waals surface area contributed by atoms with Gasteiger partial charge in [-0.2, -0.15) is 0 Å². The highest BCUT2D eigenvalue weighted by molar-refractivity contribution is 6.33. The van der Waals surface area contributed by atoms with Gasteiger partial charge in [-0.15, -0.1) is 0 Å². The summed E-state index contributed by atoms with van der Waals surface area (Å²) in [5.41, 5.74) is 2.60. The number of imidazole rings is 1. The third-order valence-corrected chi connectivity index (χ3v) is 6.86. The number of halogens is 2. The molecule has 168 valence electrons. The molecule has 7 heteroatoms. The SMILES string of the molecule is O=C(c1ccccc1-n1cccc1)N1CCC(c2nccn2Cc2cc(Cl)ccc2Cl)CC1. The molecule has 1 amide bonds. The molecule has 0 unspecified atom stereocenters. The summed E-state index contributed by atoms with van der Waals surface area (Å²) in [7, 11) is 0. The van der Waals surface area contributed by atoms with E-state index in [4.69, 9.17) is 23.2 Å². The predicted molar refractivity (Wildman–Crippen MR) is 131 cm³/mol. The fourth-order valence-electron chi connectivity index (χ4n) is 4.55. The first kappa shape index (κ1) is 21.8. The normalized spacial score (nSPS) is 14.5. The molecule has 1 aliphatic rings. The van der Waals surface area contributed by atoms with E-state index in [0.717, 1.165) is 35.5 Å². The quantitative estimate of drug-likeness (QED) is 0.350. The van der Waals surface area contributed by atoms with Crippen molar-refractivity contribution < 1.29 is 4.79 Å². The van der Waals surface area contributed by atoms with E-state index in [9.17, 15) is 4.79 Å². The number of hydrogen-bond donors (Lipinski definition) is 0. The number of carbonyl (C=O) groups excluding carboxylic acids is 1. The van der Waals surface area contributed by atoms with E-state index in [-0.39, 0.29) is 5.91 Å². The second kappa shape index (κ2) is 9.46. The predicted octanol–water partition coefficient (Wildman–Crippen LogP) is 6.05. The maximum Gasteiger partial charge on any atom is 0.255 e.